The second kappa shape index (κ2) is 10.4. The number of halogens is 1. The molecule has 0 saturated carbocycles. The van der Waals surface area contributed by atoms with Crippen molar-refractivity contribution in [1.82, 2.24) is 19.8 Å². The molecule has 0 bridgehead atoms. The van der Waals surface area contributed by atoms with Crippen LogP contribution in [0.3, 0.4) is 0 Å². The van der Waals surface area contributed by atoms with Crippen molar-refractivity contribution < 1.29 is 0 Å². The first kappa shape index (κ1) is 21.3. The van der Waals surface area contributed by atoms with Crippen LogP contribution < -0.4 is 5.32 Å². The van der Waals surface area contributed by atoms with E-state index in [1.807, 2.05) is 19.4 Å². The summed E-state index contributed by atoms with van der Waals surface area (Å²) in [5.41, 5.74) is 2.27. The van der Waals surface area contributed by atoms with E-state index >= 15 is 0 Å². The molecule has 7 heteroatoms. The number of para-hydroxylation sites is 2. The summed E-state index contributed by atoms with van der Waals surface area (Å²) in [5.74, 6) is 2.94. The number of hydrogen-bond acceptors (Lipinski definition) is 3. The molecule has 1 saturated heterocycles. The summed E-state index contributed by atoms with van der Waals surface area (Å²) < 4.78 is 2.23. The van der Waals surface area contributed by atoms with Crippen LogP contribution in [0.25, 0.3) is 11.0 Å². The van der Waals surface area contributed by atoms with E-state index in [0.717, 1.165) is 44.1 Å². The van der Waals surface area contributed by atoms with Crippen LogP contribution in [-0.2, 0) is 6.54 Å². The van der Waals surface area contributed by atoms with E-state index in [1.165, 1.54) is 11.3 Å². The van der Waals surface area contributed by atoms with Gasteiger partial charge >= 0.3 is 0 Å². The van der Waals surface area contributed by atoms with Gasteiger partial charge < -0.3 is 14.8 Å². The number of nitrogens with zero attached hydrogens (tertiary/aromatic N) is 4. The summed E-state index contributed by atoms with van der Waals surface area (Å²) >= 11 is 2.10. The van der Waals surface area contributed by atoms with Gasteiger partial charge in [0.1, 0.15) is 0 Å². The number of hydrogen-bond donors (Lipinski definition) is 1. The largest absolute Gasteiger partial charge is 0.356 e. The topological polar surface area (TPSA) is 45.5 Å². The number of aryl methyl sites for hydroxylation is 1. The van der Waals surface area contributed by atoms with Crippen LogP contribution in [0.1, 0.15) is 20.3 Å². The summed E-state index contributed by atoms with van der Waals surface area (Å²) in [6, 6.07) is 8.30. The summed E-state index contributed by atoms with van der Waals surface area (Å²) in [6.45, 7) is 8.69. The number of fused-ring (bicyclic) bond motifs is 1. The predicted octanol–water partition coefficient (Wildman–Crippen LogP) is 3.69. The van der Waals surface area contributed by atoms with E-state index in [-0.39, 0.29) is 24.0 Å². The van der Waals surface area contributed by atoms with Crippen molar-refractivity contribution in [3.8, 4) is 0 Å². The number of rotatable bonds is 5. The van der Waals surface area contributed by atoms with E-state index < -0.39 is 0 Å². The van der Waals surface area contributed by atoms with Gasteiger partial charge in [-0.05, 0) is 24.5 Å². The number of aliphatic imine (C=N–C) groups is 1. The molecule has 1 atom stereocenters. The van der Waals surface area contributed by atoms with Gasteiger partial charge in [0.2, 0.25) is 0 Å². The quantitative estimate of drug-likeness (QED) is 0.303. The van der Waals surface area contributed by atoms with Gasteiger partial charge in [-0.15, -0.1) is 24.0 Å². The van der Waals surface area contributed by atoms with Crippen molar-refractivity contribution in [3.05, 3.63) is 30.6 Å². The molecule has 1 N–H and O–H groups in total. The average molecular weight is 487 g/mol. The van der Waals surface area contributed by atoms with Gasteiger partial charge in [0, 0.05) is 44.2 Å². The Bertz CT molecular complexity index is 715. The fourth-order valence-electron chi connectivity index (χ4n) is 3.24. The molecule has 1 aromatic heterocycles. The second-order valence-corrected chi connectivity index (χ2v) is 8.20. The van der Waals surface area contributed by atoms with Crippen molar-refractivity contribution in [2.24, 2.45) is 10.9 Å². The molecule has 1 unspecified atom stereocenters. The minimum absolute atomic E-state index is 0. The molecule has 26 heavy (non-hydrogen) atoms. The van der Waals surface area contributed by atoms with Gasteiger partial charge in [0.05, 0.1) is 17.4 Å². The number of benzene rings is 1. The Morgan fingerprint density at radius 1 is 1.38 bits per heavy atom. The van der Waals surface area contributed by atoms with Crippen LogP contribution in [0.5, 0.6) is 0 Å². The molecule has 0 aliphatic carbocycles. The standard InChI is InChI=1S/C19H29N5S.HI/c1-15(2)18-13-23(11-12-25-18)19(20-3)21-9-6-10-24-14-22-16-7-4-5-8-17(16)24;/h4-5,7-8,14-15,18H,6,9-13H2,1-3H3,(H,20,21);1H. The van der Waals surface area contributed by atoms with Crippen LogP contribution in [-0.4, -0.2) is 58.1 Å². The first-order valence-corrected chi connectivity index (χ1v) is 10.2. The maximum absolute atomic E-state index is 4.49. The van der Waals surface area contributed by atoms with Gasteiger partial charge in [-0.25, -0.2) is 4.98 Å². The van der Waals surface area contributed by atoms with Crippen molar-refractivity contribution in [3.63, 3.8) is 0 Å². The third-order valence-electron chi connectivity index (χ3n) is 4.73. The zero-order chi connectivity index (χ0) is 17.6. The van der Waals surface area contributed by atoms with E-state index in [9.17, 15) is 0 Å². The Kier molecular flexibility index (Phi) is 8.53. The van der Waals surface area contributed by atoms with Crippen molar-refractivity contribution in [2.45, 2.75) is 32.1 Å². The van der Waals surface area contributed by atoms with Crippen LogP contribution in [0, 0.1) is 5.92 Å². The highest BCUT2D eigenvalue weighted by Gasteiger charge is 2.24. The lowest BCUT2D eigenvalue weighted by Crippen LogP contribution is -2.49. The van der Waals surface area contributed by atoms with Crippen molar-refractivity contribution in [2.75, 3.05) is 32.4 Å². The zero-order valence-corrected chi connectivity index (χ0v) is 19.0. The molecule has 0 radical (unpaired) electrons. The molecular weight excluding hydrogens is 457 g/mol. The molecule has 3 rings (SSSR count). The maximum atomic E-state index is 4.49. The summed E-state index contributed by atoms with van der Waals surface area (Å²) in [7, 11) is 1.89. The fourth-order valence-corrected chi connectivity index (χ4v) is 4.54. The van der Waals surface area contributed by atoms with Crippen LogP contribution in [0.2, 0.25) is 0 Å². The molecule has 1 aliphatic heterocycles. The fraction of sp³-hybridized carbons (Fsp3) is 0.579. The normalized spacial score (nSPS) is 18.2. The highest BCUT2D eigenvalue weighted by molar-refractivity contribution is 14.0. The van der Waals surface area contributed by atoms with Gasteiger partial charge in [-0.2, -0.15) is 11.8 Å². The maximum Gasteiger partial charge on any atom is 0.193 e. The molecule has 144 valence electrons. The van der Waals surface area contributed by atoms with E-state index in [2.05, 4.69) is 68.6 Å². The predicted molar refractivity (Wildman–Crippen MR) is 124 cm³/mol. The van der Waals surface area contributed by atoms with Crippen LogP contribution in [0.4, 0.5) is 0 Å². The minimum atomic E-state index is 0. The van der Waals surface area contributed by atoms with Gasteiger partial charge in [0.25, 0.3) is 0 Å². The molecule has 2 heterocycles. The van der Waals surface area contributed by atoms with Gasteiger partial charge in [0.15, 0.2) is 5.96 Å². The molecule has 1 fully saturated rings. The summed E-state index contributed by atoms with van der Waals surface area (Å²) in [5, 5.41) is 4.24. The molecule has 1 aromatic carbocycles. The Balaban J connectivity index is 0.00000243. The lowest BCUT2D eigenvalue weighted by atomic mass is 10.1. The first-order valence-electron chi connectivity index (χ1n) is 9.16. The zero-order valence-electron chi connectivity index (χ0n) is 15.9. The molecule has 0 spiro atoms. The Morgan fingerprint density at radius 3 is 2.96 bits per heavy atom. The third-order valence-corrected chi connectivity index (χ3v) is 6.27. The summed E-state index contributed by atoms with van der Waals surface area (Å²) in [4.78, 5) is 11.4. The molecular formula is C19H30IN5S. The van der Waals surface area contributed by atoms with Gasteiger partial charge in [-0.3, -0.25) is 4.99 Å². The van der Waals surface area contributed by atoms with Crippen LogP contribution in [0.15, 0.2) is 35.6 Å². The number of aromatic nitrogens is 2. The minimum Gasteiger partial charge on any atom is -0.356 e. The van der Waals surface area contributed by atoms with Crippen LogP contribution >= 0.6 is 35.7 Å². The number of nitrogens with one attached hydrogen (secondary N) is 1. The highest BCUT2D eigenvalue weighted by Crippen LogP contribution is 2.24. The SMILES string of the molecule is CN=C(NCCCn1cnc2ccccc21)N1CCSC(C(C)C)C1.I. The second-order valence-electron chi connectivity index (χ2n) is 6.85. The number of guanidine groups is 1. The summed E-state index contributed by atoms with van der Waals surface area (Å²) in [6.07, 6.45) is 2.99. The Hall–Kier alpha value is -0.960. The first-order chi connectivity index (χ1) is 12.2. The van der Waals surface area contributed by atoms with Gasteiger partial charge in [-0.1, -0.05) is 26.0 Å². The van der Waals surface area contributed by atoms with Crippen molar-refractivity contribution >= 4 is 52.7 Å². The number of imidazole rings is 1. The van der Waals surface area contributed by atoms with E-state index in [0.29, 0.717) is 11.2 Å². The third kappa shape index (κ3) is 5.28. The molecule has 2 aromatic rings. The monoisotopic (exact) mass is 487 g/mol. The lowest BCUT2D eigenvalue weighted by Gasteiger charge is -2.36. The lowest BCUT2D eigenvalue weighted by molar-refractivity contribution is 0.380. The molecule has 1 aliphatic rings. The average Bonchev–Trinajstić information content (AvgIpc) is 3.05. The Labute approximate surface area is 178 Å². The molecule has 5 nitrogen and oxygen atoms in total. The van der Waals surface area contributed by atoms with Crippen molar-refractivity contribution in [1.29, 1.82) is 0 Å². The number of thioether (sulfide) groups is 1. The highest BCUT2D eigenvalue weighted by atomic mass is 127. The van der Waals surface area contributed by atoms with E-state index in [4.69, 9.17) is 0 Å². The smallest absolute Gasteiger partial charge is 0.193 e. The molecule has 0 amide bonds. The Morgan fingerprint density at radius 2 is 2.19 bits per heavy atom. The van der Waals surface area contributed by atoms with E-state index in [1.54, 1.807) is 0 Å².